The summed E-state index contributed by atoms with van der Waals surface area (Å²) in [6, 6.07) is 103. The van der Waals surface area contributed by atoms with Crippen molar-refractivity contribution >= 4 is 82.7 Å². The molecule has 0 spiro atoms. The number of nitrogens with one attached hydrogen (secondary N) is 6. The first kappa shape index (κ1) is 104. The summed E-state index contributed by atoms with van der Waals surface area (Å²) in [6.07, 6.45) is 8.44. The van der Waals surface area contributed by atoms with Crippen LogP contribution in [-0.2, 0) is 105 Å². The minimum Gasteiger partial charge on any atom is -0.411 e. The molecule has 26 nitrogen and oxygen atoms in total. The van der Waals surface area contributed by atoms with Crippen molar-refractivity contribution < 1.29 is 71.6 Å². The van der Waals surface area contributed by atoms with Crippen molar-refractivity contribution in [2.24, 2.45) is 16.6 Å². The highest BCUT2D eigenvalue weighted by Gasteiger charge is 2.25. The number of H-pyrrole nitrogens is 2. The van der Waals surface area contributed by atoms with Crippen LogP contribution in [0.4, 0.5) is 0 Å². The van der Waals surface area contributed by atoms with Crippen LogP contribution in [0.25, 0.3) is 131 Å². The molecule has 4 unspecified atom stereocenters. The standard InChI is InChI=1S/C54H72N2O12.C40H38N8O2.C27H19NO/c1-2-12-50-49(11-1)53(45-9-5-7-43(35-45)37-55-39-47-41-65-29-27-61-21-19-57-15-17-59-23-25-63-31-33-67-47)51-13-3-4-14-52(51)54(50)46-10-6-8-44(36-46)38-56-40-48-42-66-30-28-62-22-20-58-16-18-60-24-26-64-32-34-68-48;41-35(17-29-21-43-23-47-29)39(49)45-19-25-7-5-9-27(15-25)37-31-11-1-2-12-32(31)38(34-14-4-3-13-33(34)37)28-10-6-8-26(16-28)20-46-40(50)36(42)18-30-22-44-24-48-30;29-28-18-19-9-8-12-21(17-19)27-24-15-6-4-13-22(24)26(20-10-2-1-3-11-20)23-14-5-7-16-25(23)27/h1-14,35-36,47-48,55-56H,15-34,37-42H2;1-16,21-24,35-36H,17-20,41-42H2,(H,43,47)(H,44,48)(H,45,49)(H,46,50);1-18,29H/b;;28-18-. The number of nitrogens with two attached hydrogens (primary N) is 2. The Morgan fingerprint density at radius 3 is 0.850 bits per heavy atom. The Hall–Kier alpha value is -14.0. The van der Waals surface area contributed by atoms with Gasteiger partial charge in [-0.3, -0.25) is 9.59 Å². The van der Waals surface area contributed by atoms with Crippen LogP contribution in [0.5, 0.6) is 0 Å². The number of benzene rings is 15. The van der Waals surface area contributed by atoms with Crippen LogP contribution in [0.2, 0.25) is 0 Å². The summed E-state index contributed by atoms with van der Waals surface area (Å²) in [6.45, 7) is 14.4. The Kier molecular flexibility index (Phi) is 39.5. The summed E-state index contributed by atoms with van der Waals surface area (Å²) in [5.74, 6) is -0.437. The maximum absolute atomic E-state index is 12.8. The van der Waals surface area contributed by atoms with E-state index in [4.69, 9.17) is 73.5 Å². The first-order valence-corrected chi connectivity index (χ1v) is 50.6. The van der Waals surface area contributed by atoms with E-state index in [9.17, 15) is 9.59 Å². The third-order valence-corrected chi connectivity index (χ3v) is 25.8. The van der Waals surface area contributed by atoms with Crippen LogP contribution in [-0.4, -0.2) is 226 Å². The Balaban J connectivity index is 0.000000162. The largest absolute Gasteiger partial charge is 0.411 e. The van der Waals surface area contributed by atoms with Gasteiger partial charge in [-0.25, -0.2) is 9.97 Å². The molecule has 2 saturated heterocycles. The van der Waals surface area contributed by atoms with E-state index in [1.807, 2.05) is 36.4 Å². The molecule has 2 aromatic heterocycles. The summed E-state index contributed by atoms with van der Waals surface area (Å²) in [7, 11) is 0. The molecule has 4 atom stereocenters. The quantitative estimate of drug-likeness (QED) is 0.0111. The van der Waals surface area contributed by atoms with Crippen molar-refractivity contribution in [3.8, 4) is 66.8 Å². The van der Waals surface area contributed by atoms with Gasteiger partial charge in [-0.15, -0.1) is 0 Å². The molecule has 19 rings (SSSR count). The van der Waals surface area contributed by atoms with E-state index >= 15 is 0 Å². The molecule has 17 aromatic rings. The average molecular weight is 1980 g/mol. The van der Waals surface area contributed by atoms with Gasteiger partial charge in [0.1, 0.15) is 0 Å². The monoisotopic (exact) mass is 1980 g/mol. The van der Waals surface area contributed by atoms with Gasteiger partial charge in [0.05, 0.1) is 189 Å². The second-order valence-corrected chi connectivity index (χ2v) is 36.1. The maximum Gasteiger partial charge on any atom is 0.237 e. The number of hydrogen-bond acceptors (Lipinski definition) is 22. The Labute approximate surface area is 857 Å². The van der Waals surface area contributed by atoms with Crippen molar-refractivity contribution in [2.45, 2.75) is 63.3 Å². The molecule has 4 heterocycles. The van der Waals surface area contributed by atoms with Gasteiger partial charge in [-0.05, 0) is 190 Å². The highest BCUT2D eigenvalue weighted by Crippen LogP contribution is 2.48. The molecule has 0 saturated carbocycles. The van der Waals surface area contributed by atoms with Crippen molar-refractivity contribution in [3.05, 3.63) is 362 Å². The van der Waals surface area contributed by atoms with Gasteiger partial charge < -0.3 is 105 Å². The SMILES string of the molecule is NC(Cc1cnc[nH]1)C(=O)NCc1cccc(-c2c3ccccc3c(-c3cccc(CNC(=O)C(N)Cc4cnc[nH]4)c3)c3ccccc23)c1.O/N=C\c1cccc(-c2c3ccccc3c(-c3ccccc3)c3ccccc23)c1.c1cc(CNCC2COCCOCCOCCOCCOCCO2)cc(-c2c3ccccc3c(-c3cccc(CNCC4COCCOCCOCCOCCOCCO4)c3)c3ccccc23)c1. The number of carbonyl (C=O) groups excluding carboxylic acids is 2. The number of aromatic amines is 2. The first-order chi connectivity index (χ1) is 72.6. The molecule has 2 fully saturated rings. The summed E-state index contributed by atoms with van der Waals surface area (Å²) in [4.78, 5) is 39.6. The molecule has 147 heavy (non-hydrogen) atoms. The number of amides is 2. The number of nitrogens with zero attached hydrogens (tertiary/aromatic N) is 3. The lowest BCUT2D eigenvalue weighted by molar-refractivity contribution is -0.123. The summed E-state index contributed by atoms with van der Waals surface area (Å²) >= 11 is 0. The highest BCUT2D eigenvalue weighted by atomic mass is 16.6. The number of carbonyl (C=O) groups is 2. The minimum absolute atomic E-state index is 0.147. The topological polar surface area (TPSA) is 335 Å². The summed E-state index contributed by atoms with van der Waals surface area (Å²) < 4.78 is 69.4. The molecule has 758 valence electrons. The predicted octanol–water partition coefficient (Wildman–Crippen LogP) is 18.8. The molecule has 0 bridgehead atoms. The van der Waals surface area contributed by atoms with Gasteiger partial charge >= 0.3 is 0 Å². The molecule has 2 aliphatic heterocycles. The van der Waals surface area contributed by atoms with E-state index in [1.165, 1.54) is 99.4 Å². The van der Waals surface area contributed by atoms with Crippen LogP contribution < -0.4 is 32.7 Å². The second kappa shape index (κ2) is 55.6. The van der Waals surface area contributed by atoms with Crippen LogP contribution in [0.15, 0.2) is 327 Å². The zero-order valence-corrected chi connectivity index (χ0v) is 82.9. The van der Waals surface area contributed by atoms with E-state index in [0.717, 1.165) is 77.4 Å². The molecule has 2 amide bonds. The lowest BCUT2D eigenvalue weighted by Gasteiger charge is -2.20. The Morgan fingerprint density at radius 2 is 0.565 bits per heavy atom. The molecular formula is C121H129N11O15. The number of rotatable bonds is 25. The predicted molar refractivity (Wildman–Crippen MR) is 582 cm³/mol. The Bertz CT molecular complexity index is 6580. The third kappa shape index (κ3) is 29.1. The van der Waals surface area contributed by atoms with Crippen LogP contribution in [0.3, 0.4) is 0 Å². The molecule has 0 radical (unpaired) electrons. The van der Waals surface area contributed by atoms with Gasteiger partial charge in [0.15, 0.2) is 0 Å². The van der Waals surface area contributed by atoms with E-state index in [0.29, 0.717) is 197 Å². The number of fused-ring (bicyclic) bond motifs is 6. The fourth-order valence-electron chi connectivity index (χ4n) is 19.0. The molecule has 26 heteroatoms. The van der Waals surface area contributed by atoms with Gasteiger partial charge in [0, 0.05) is 75.9 Å². The van der Waals surface area contributed by atoms with E-state index in [-0.39, 0.29) is 24.0 Å². The molecule has 2 aliphatic rings. The second-order valence-electron chi connectivity index (χ2n) is 36.1. The van der Waals surface area contributed by atoms with Crippen molar-refractivity contribution in [1.82, 2.24) is 41.2 Å². The number of imidazole rings is 2. The number of aromatic nitrogens is 4. The molecule has 0 aliphatic carbocycles. The Morgan fingerprint density at radius 1 is 0.313 bits per heavy atom. The van der Waals surface area contributed by atoms with Crippen LogP contribution in [0, 0.1) is 0 Å². The van der Waals surface area contributed by atoms with Gasteiger partial charge in [0.2, 0.25) is 11.8 Å². The van der Waals surface area contributed by atoms with E-state index in [2.05, 4.69) is 307 Å². The van der Waals surface area contributed by atoms with Gasteiger partial charge in [0.25, 0.3) is 0 Å². The zero-order chi connectivity index (χ0) is 101. The van der Waals surface area contributed by atoms with Crippen LogP contribution in [0.1, 0.15) is 39.2 Å². The normalized spacial score (nSPS) is 16.1. The maximum atomic E-state index is 12.8. The van der Waals surface area contributed by atoms with Gasteiger partial charge in [-0.2, -0.15) is 0 Å². The minimum atomic E-state index is -0.682. The lowest BCUT2D eigenvalue weighted by atomic mass is 9.85. The summed E-state index contributed by atoms with van der Waals surface area (Å²) in [5, 5.41) is 39.6. The summed E-state index contributed by atoms with van der Waals surface area (Å²) in [5.41, 5.74) is 33.1. The molecular weight excluding hydrogens is 1850 g/mol. The van der Waals surface area contributed by atoms with E-state index in [1.54, 1.807) is 25.0 Å². The van der Waals surface area contributed by atoms with Gasteiger partial charge in [-0.1, -0.05) is 272 Å². The van der Waals surface area contributed by atoms with Crippen molar-refractivity contribution in [1.29, 1.82) is 0 Å². The number of hydrogen-bond donors (Lipinski definition) is 9. The third-order valence-electron chi connectivity index (χ3n) is 25.8. The fraction of sp³-hybridized carbons (Fsp3) is 0.281. The van der Waals surface area contributed by atoms with E-state index < -0.39 is 12.1 Å². The zero-order valence-electron chi connectivity index (χ0n) is 82.9. The highest BCUT2D eigenvalue weighted by molar-refractivity contribution is 6.24. The number of ether oxygens (including phenoxy) is 12. The van der Waals surface area contributed by atoms with Crippen molar-refractivity contribution in [2.75, 3.05) is 158 Å². The average Bonchev–Trinajstić information content (AvgIpc) is 1.61. The molecule has 11 N–H and O–H groups in total. The fourth-order valence-corrected chi connectivity index (χ4v) is 19.0. The molecule has 15 aromatic carbocycles. The van der Waals surface area contributed by atoms with Crippen LogP contribution >= 0.6 is 0 Å². The smallest absolute Gasteiger partial charge is 0.237 e. The van der Waals surface area contributed by atoms with Crippen molar-refractivity contribution in [3.63, 3.8) is 0 Å². The number of oxime groups is 1. The first-order valence-electron chi connectivity index (χ1n) is 50.6. The lowest BCUT2D eigenvalue weighted by Crippen LogP contribution is -2.41.